The topological polar surface area (TPSA) is 62.6 Å². The van der Waals surface area contributed by atoms with E-state index in [1.807, 2.05) is 29.1 Å². The van der Waals surface area contributed by atoms with E-state index in [0.29, 0.717) is 19.3 Å². The van der Waals surface area contributed by atoms with Crippen LogP contribution in [-0.4, -0.2) is 77.1 Å². The molecule has 1 aliphatic carbocycles. The van der Waals surface area contributed by atoms with Gasteiger partial charge in [0.25, 0.3) is 0 Å². The molecule has 0 atom stereocenters. The molecule has 0 radical (unpaired) electrons. The number of hydrogen-bond acceptors (Lipinski definition) is 7. The third-order valence-corrected chi connectivity index (χ3v) is 8.47. The number of nitrogens with zero attached hydrogens (tertiary/aromatic N) is 7. The maximum absolute atomic E-state index is 5.61. The smallest absolute Gasteiger partial charge is 0.229 e. The summed E-state index contributed by atoms with van der Waals surface area (Å²) in [5.74, 6) is 1.73. The molecule has 200 valence electrons. The summed E-state index contributed by atoms with van der Waals surface area (Å²) in [7, 11) is 0. The van der Waals surface area contributed by atoms with Crippen LogP contribution in [-0.2, 0) is 4.74 Å². The summed E-state index contributed by atoms with van der Waals surface area (Å²) in [5, 5.41) is 5.76. The van der Waals surface area contributed by atoms with Crippen molar-refractivity contribution in [2.75, 3.05) is 62.3 Å². The number of para-hydroxylation sites is 1. The zero-order valence-corrected chi connectivity index (χ0v) is 22.4. The average Bonchev–Trinajstić information content (AvgIpc) is 3.61. The van der Waals surface area contributed by atoms with Gasteiger partial charge in [0, 0.05) is 39.3 Å². The fourth-order valence-corrected chi connectivity index (χ4v) is 6.50. The van der Waals surface area contributed by atoms with E-state index in [0.717, 1.165) is 67.8 Å². The monoisotopic (exact) mass is 529 g/mol. The molecule has 3 aromatic carbocycles. The van der Waals surface area contributed by atoms with Gasteiger partial charge < -0.3 is 14.5 Å². The Morgan fingerprint density at radius 3 is 2.00 bits per heavy atom. The Morgan fingerprint density at radius 1 is 0.650 bits per heavy atom. The van der Waals surface area contributed by atoms with Crippen molar-refractivity contribution in [2.24, 2.45) is 0 Å². The minimum atomic E-state index is 0.296. The Kier molecular flexibility index (Phi) is 5.74. The van der Waals surface area contributed by atoms with Crippen molar-refractivity contribution in [1.29, 1.82) is 0 Å². The summed E-state index contributed by atoms with van der Waals surface area (Å²) in [5.41, 5.74) is 7.41. The van der Waals surface area contributed by atoms with Crippen molar-refractivity contribution in [1.82, 2.24) is 24.6 Å². The Labute approximate surface area is 233 Å². The molecule has 4 heterocycles. The molecule has 0 spiro atoms. The first-order chi connectivity index (χ1) is 19.8. The lowest BCUT2D eigenvalue weighted by atomic mass is 10.0. The second kappa shape index (κ2) is 9.73. The number of aromatic nitrogens is 4. The Hall–Kier alpha value is -4.27. The number of ether oxygens (including phenoxy) is 1. The highest BCUT2D eigenvalue weighted by molar-refractivity contribution is 5.89. The van der Waals surface area contributed by atoms with Crippen molar-refractivity contribution in [2.45, 2.75) is 6.04 Å². The summed E-state index contributed by atoms with van der Waals surface area (Å²) in [6, 6.07) is 28.3. The van der Waals surface area contributed by atoms with Gasteiger partial charge in [-0.2, -0.15) is 15.1 Å². The summed E-state index contributed by atoms with van der Waals surface area (Å²) in [6.07, 6.45) is 1.93. The molecule has 8 rings (SSSR count). The van der Waals surface area contributed by atoms with Gasteiger partial charge >= 0.3 is 0 Å². The minimum Gasteiger partial charge on any atom is -0.378 e. The molecule has 0 bridgehead atoms. The average molecular weight is 530 g/mol. The van der Waals surface area contributed by atoms with Crippen LogP contribution in [0.4, 0.5) is 11.8 Å². The third-order valence-electron chi connectivity index (χ3n) is 8.47. The minimum absolute atomic E-state index is 0.296. The van der Waals surface area contributed by atoms with E-state index in [9.17, 15) is 0 Å². The molecule has 0 N–H and O–H groups in total. The van der Waals surface area contributed by atoms with Crippen molar-refractivity contribution >= 4 is 22.8 Å². The van der Waals surface area contributed by atoms with Crippen molar-refractivity contribution in [3.63, 3.8) is 0 Å². The largest absolute Gasteiger partial charge is 0.378 e. The first-order valence-electron chi connectivity index (χ1n) is 14.2. The van der Waals surface area contributed by atoms with E-state index < -0.39 is 0 Å². The van der Waals surface area contributed by atoms with Crippen molar-refractivity contribution < 1.29 is 4.74 Å². The second-order valence-corrected chi connectivity index (χ2v) is 10.7. The second-order valence-electron chi connectivity index (χ2n) is 10.7. The van der Waals surface area contributed by atoms with Crippen LogP contribution in [0.2, 0.25) is 0 Å². The van der Waals surface area contributed by atoms with Gasteiger partial charge in [-0.05, 0) is 34.4 Å². The van der Waals surface area contributed by atoms with E-state index in [2.05, 4.69) is 75.4 Å². The first kappa shape index (κ1) is 23.6. The van der Waals surface area contributed by atoms with E-state index >= 15 is 0 Å². The van der Waals surface area contributed by atoms with E-state index in [1.165, 1.54) is 22.3 Å². The molecular weight excluding hydrogens is 498 g/mol. The van der Waals surface area contributed by atoms with Gasteiger partial charge in [0.05, 0.1) is 36.5 Å². The molecule has 2 aliphatic heterocycles. The molecule has 8 heteroatoms. The summed E-state index contributed by atoms with van der Waals surface area (Å²) in [6.45, 7) is 6.67. The van der Waals surface area contributed by atoms with Gasteiger partial charge in [-0.15, -0.1) is 0 Å². The molecule has 5 aromatic rings. The van der Waals surface area contributed by atoms with Gasteiger partial charge in [0.15, 0.2) is 5.65 Å². The van der Waals surface area contributed by atoms with E-state index in [-0.39, 0.29) is 0 Å². The highest BCUT2D eigenvalue weighted by atomic mass is 16.5. The number of morpholine rings is 1. The molecular formula is C32H31N7O. The molecule has 2 fully saturated rings. The quantitative estimate of drug-likeness (QED) is 0.339. The summed E-state index contributed by atoms with van der Waals surface area (Å²) >= 11 is 0. The Bertz CT molecular complexity index is 1620. The zero-order valence-electron chi connectivity index (χ0n) is 22.4. The highest BCUT2D eigenvalue weighted by Gasteiger charge is 2.35. The van der Waals surface area contributed by atoms with Crippen molar-refractivity contribution in [3.05, 3.63) is 96.2 Å². The summed E-state index contributed by atoms with van der Waals surface area (Å²) in [4.78, 5) is 17.5. The number of benzene rings is 3. The predicted octanol–water partition coefficient (Wildman–Crippen LogP) is 4.54. The molecule has 40 heavy (non-hydrogen) atoms. The first-order valence-corrected chi connectivity index (χ1v) is 14.2. The number of hydrogen-bond donors (Lipinski definition) is 0. The lowest BCUT2D eigenvalue weighted by molar-refractivity contribution is 0.122. The molecule has 0 amide bonds. The summed E-state index contributed by atoms with van der Waals surface area (Å²) < 4.78 is 7.55. The lowest BCUT2D eigenvalue weighted by Crippen LogP contribution is -2.48. The number of piperazine rings is 1. The van der Waals surface area contributed by atoms with Gasteiger partial charge in [-0.25, -0.2) is 4.68 Å². The number of fused-ring (bicyclic) bond motifs is 4. The zero-order chi connectivity index (χ0) is 26.5. The van der Waals surface area contributed by atoms with Crippen LogP contribution in [0.1, 0.15) is 17.2 Å². The molecule has 2 aromatic heterocycles. The lowest BCUT2D eigenvalue weighted by Gasteiger charge is -2.39. The Balaban J connectivity index is 1.14. The maximum atomic E-state index is 5.61. The molecule has 2 saturated heterocycles. The van der Waals surface area contributed by atoms with Crippen LogP contribution in [0.15, 0.2) is 85.1 Å². The van der Waals surface area contributed by atoms with E-state index in [4.69, 9.17) is 19.8 Å². The van der Waals surface area contributed by atoms with Crippen LogP contribution in [0.5, 0.6) is 0 Å². The van der Waals surface area contributed by atoms with Crippen LogP contribution >= 0.6 is 0 Å². The standard InChI is InChI=1S/C32H31N7O/c1-2-8-23(9-3-1)39-31-28(22-33-39)30(34-32(35-31)38-18-20-40-21-19-38)37-16-14-36(15-17-37)29-26-12-6-4-10-24(26)25-11-5-7-13-27(25)29/h1-13,22,29H,14-21H2. The molecule has 0 saturated carbocycles. The van der Waals surface area contributed by atoms with Gasteiger partial charge in [0.1, 0.15) is 5.82 Å². The number of rotatable bonds is 4. The molecule has 3 aliphatic rings. The maximum Gasteiger partial charge on any atom is 0.229 e. The molecule has 8 nitrogen and oxygen atoms in total. The Morgan fingerprint density at radius 2 is 1.30 bits per heavy atom. The van der Waals surface area contributed by atoms with Crippen LogP contribution in [0.25, 0.3) is 27.8 Å². The van der Waals surface area contributed by atoms with Crippen molar-refractivity contribution in [3.8, 4) is 16.8 Å². The van der Waals surface area contributed by atoms with Gasteiger partial charge in [-0.3, -0.25) is 4.90 Å². The van der Waals surface area contributed by atoms with Crippen LogP contribution < -0.4 is 9.80 Å². The molecule has 0 unspecified atom stereocenters. The number of anilines is 2. The van der Waals surface area contributed by atoms with E-state index in [1.54, 1.807) is 0 Å². The fraction of sp³-hybridized carbons (Fsp3) is 0.281. The van der Waals surface area contributed by atoms with Gasteiger partial charge in [0.2, 0.25) is 5.95 Å². The van der Waals surface area contributed by atoms with Crippen LogP contribution in [0, 0.1) is 0 Å². The highest BCUT2D eigenvalue weighted by Crippen LogP contribution is 2.46. The third kappa shape index (κ3) is 3.86. The fourth-order valence-electron chi connectivity index (χ4n) is 6.50. The van der Waals surface area contributed by atoms with Gasteiger partial charge in [-0.1, -0.05) is 66.7 Å². The SMILES string of the molecule is c1ccc(-n2ncc3c(N4CCN(C5c6ccccc6-c6ccccc65)CC4)nc(N4CCOCC4)nc32)cc1. The van der Waals surface area contributed by atoms with Crippen LogP contribution in [0.3, 0.4) is 0 Å². The predicted molar refractivity (Wildman–Crippen MR) is 157 cm³/mol. The normalized spacial score (nSPS) is 17.8.